The van der Waals surface area contributed by atoms with Gasteiger partial charge in [-0.15, -0.1) is 0 Å². The first kappa shape index (κ1) is 11.1. The molecule has 0 aliphatic heterocycles. The highest BCUT2D eigenvalue weighted by atomic mass is 16.7. The van der Waals surface area contributed by atoms with Crippen LogP contribution in [0.1, 0.15) is 39.3 Å². The van der Waals surface area contributed by atoms with E-state index in [-0.39, 0.29) is 11.6 Å². The van der Waals surface area contributed by atoms with Gasteiger partial charge in [-0.1, -0.05) is 6.07 Å². The number of rotatable bonds is 3. The predicted molar refractivity (Wildman–Crippen MR) is 56.6 cm³/mol. The fraction of sp³-hybridized carbons (Fsp3) is 0.545. The molecule has 78 valence electrons. The number of pyridine rings is 1. The van der Waals surface area contributed by atoms with Gasteiger partial charge in [0.1, 0.15) is 0 Å². The van der Waals surface area contributed by atoms with E-state index in [0.717, 1.165) is 5.56 Å². The van der Waals surface area contributed by atoms with Crippen LogP contribution in [-0.2, 0) is 4.84 Å². The van der Waals surface area contributed by atoms with Crippen LogP contribution in [0.2, 0.25) is 0 Å². The van der Waals surface area contributed by atoms with Crippen molar-refractivity contribution < 1.29 is 4.84 Å². The third kappa shape index (κ3) is 3.85. The molecule has 1 aromatic heterocycles. The third-order valence-electron chi connectivity index (χ3n) is 1.73. The van der Waals surface area contributed by atoms with E-state index in [0.29, 0.717) is 0 Å². The maximum absolute atomic E-state index is 5.47. The Morgan fingerprint density at radius 2 is 2.14 bits per heavy atom. The van der Waals surface area contributed by atoms with Gasteiger partial charge in [0.25, 0.3) is 0 Å². The van der Waals surface area contributed by atoms with Crippen LogP contribution in [0, 0.1) is 0 Å². The molecule has 1 atom stereocenters. The van der Waals surface area contributed by atoms with Crippen molar-refractivity contribution in [2.45, 2.75) is 39.3 Å². The minimum Gasteiger partial charge on any atom is -0.296 e. The Bertz CT molecular complexity index is 266. The van der Waals surface area contributed by atoms with Gasteiger partial charge in [0, 0.05) is 12.4 Å². The molecular weight excluding hydrogens is 176 g/mol. The smallest absolute Gasteiger partial charge is 0.0813 e. The largest absolute Gasteiger partial charge is 0.296 e. The molecular formula is C11H18N2O. The molecule has 1 unspecified atom stereocenters. The number of hydrogen-bond acceptors (Lipinski definition) is 3. The molecule has 0 saturated carbocycles. The zero-order valence-corrected chi connectivity index (χ0v) is 9.24. The van der Waals surface area contributed by atoms with Gasteiger partial charge in [-0.05, 0) is 39.3 Å². The number of nitrogens with one attached hydrogen (secondary N) is 1. The second kappa shape index (κ2) is 4.53. The molecule has 0 aromatic carbocycles. The van der Waals surface area contributed by atoms with Gasteiger partial charge in [0.05, 0.1) is 11.6 Å². The van der Waals surface area contributed by atoms with Crippen LogP contribution >= 0.6 is 0 Å². The van der Waals surface area contributed by atoms with Crippen molar-refractivity contribution in [3.63, 3.8) is 0 Å². The van der Waals surface area contributed by atoms with Gasteiger partial charge >= 0.3 is 0 Å². The van der Waals surface area contributed by atoms with Crippen molar-refractivity contribution in [2.75, 3.05) is 0 Å². The molecule has 3 nitrogen and oxygen atoms in total. The molecule has 0 fully saturated rings. The van der Waals surface area contributed by atoms with Gasteiger partial charge in [0.15, 0.2) is 0 Å². The van der Waals surface area contributed by atoms with Crippen molar-refractivity contribution in [3.8, 4) is 0 Å². The van der Waals surface area contributed by atoms with Crippen molar-refractivity contribution in [2.24, 2.45) is 0 Å². The summed E-state index contributed by atoms with van der Waals surface area (Å²) in [6.45, 7) is 8.07. The lowest BCUT2D eigenvalue weighted by Gasteiger charge is -2.23. The molecule has 0 saturated heterocycles. The topological polar surface area (TPSA) is 34.1 Å². The van der Waals surface area contributed by atoms with E-state index in [1.54, 1.807) is 6.20 Å². The van der Waals surface area contributed by atoms with E-state index in [4.69, 9.17) is 4.84 Å². The zero-order valence-electron chi connectivity index (χ0n) is 9.24. The summed E-state index contributed by atoms with van der Waals surface area (Å²) in [7, 11) is 0. The van der Waals surface area contributed by atoms with E-state index in [1.807, 2.05) is 46.0 Å². The summed E-state index contributed by atoms with van der Waals surface area (Å²) in [6.07, 6.45) is 3.60. The van der Waals surface area contributed by atoms with Gasteiger partial charge < -0.3 is 0 Å². The highest BCUT2D eigenvalue weighted by Gasteiger charge is 2.13. The molecule has 0 radical (unpaired) electrons. The molecule has 1 rings (SSSR count). The van der Waals surface area contributed by atoms with Gasteiger partial charge in [-0.2, -0.15) is 5.48 Å². The van der Waals surface area contributed by atoms with Crippen LogP contribution in [0.3, 0.4) is 0 Å². The normalized spacial score (nSPS) is 14.0. The fourth-order valence-corrected chi connectivity index (χ4v) is 0.965. The highest BCUT2D eigenvalue weighted by molar-refractivity contribution is 5.12. The fourth-order valence-electron chi connectivity index (χ4n) is 0.965. The Morgan fingerprint density at radius 1 is 1.43 bits per heavy atom. The van der Waals surface area contributed by atoms with Crippen LogP contribution in [0.15, 0.2) is 24.5 Å². The molecule has 1 N–H and O–H groups in total. The van der Waals surface area contributed by atoms with E-state index in [1.165, 1.54) is 0 Å². The van der Waals surface area contributed by atoms with E-state index >= 15 is 0 Å². The number of hydroxylamine groups is 1. The lowest BCUT2D eigenvalue weighted by molar-refractivity contribution is -0.0866. The summed E-state index contributed by atoms with van der Waals surface area (Å²) in [5, 5.41) is 0. The molecule has 1 heterocycles. The van der Waals surface area contributed by atoms with Crippen LogP contribution in [0.25, 0.3) is 0 Å². The van der Waals surface area contributed by atoms with Crippen molar-refractivity contribution in [3.05, 3.63) is 30.1 Å². The lowest BCUT2D eigenvalue weighted by atomic mass is 10.1. The van der Waals surface area contributed by atoms with Gasteiger partial charge in [-0.3, -0.25) is 9.82 Å². The Kier molecular flexibility index (Phi) is 3.61. The summed E-state index contributed by atoms with van der Waals surface area (Å²) in [4.78, 5) is 9.52. The Balaban J connectivity index is 2.48. The Labute approximate surface area is 85.5 Å². The number of nitrogens with zero attached hydrogens (tertiary/aromatic N) is 1. The first-order chi connectivity index (χ1) is 6.49. The molecule has 0 bridgehead atoms. The summed E-state index contributed by atoms with van der Waals surface area (Å²) in [5.41, 5.74) is 3.95. The van der Waals surface area contributed by atoms with Gasteiger partial charge in [-0.25, -0.2) is 0 Å². The van der Waals surface area contributed by atoms with Crippen LogP contribution in [0.4, 0.5) is 0 Å². The quantitative estimate of drug-likeness (QED) is 0.750. The second-order valence-corrected chi connectivity index (χ2v) is 4.34. The number of aromatic nitrogens is 1. The minimum absolute atomic E-state index is 0.155. The van der Waals surface area contributed by atoms with Crippen molar-refractivity contribution in [1.82, 2.24) is 10.5 Å². The summed E-state index contributed by atoms with van der Waals surface area (Å²) in [5.74, 6) is 0. The van der Waals surface area contributed by atoms with E-state index in [9.17, 15) is 0 Å². The van der Waals surface area contributed by atoms with Crippen LogP contribution in [0.5, 0.6) is 0 Å². The van der Waals surface area contributed by atoms with Crippen LogP contribution < -0.4 is 5.48 Å². The van der Waals surface area contributed by atoms with Gasteiger partial charge in [0.2, 0.25) is 0 Å². The minimum atomic E-state index is -0.170. The Morgan fingerprint density at radius 3 is 2.64 bits per heavy atom. The monoisotopic (exact) mass is 194 g/mol. The first-order valence-corrected chi connectivity index (χ1v) is 4.82. The van der Waals surface area contributed by atoms with E-state index in [2.05, 4.69) is 10.5 Å². The standard InChI is InChI=1S/C11H18N2O/c1-9(13-14-11(2,3)4)10-6-5-7-12-8-10/h5-9,13H,1-4H3. The molecule has 0 aliphatic rings. The first-order valence-electron chi connectivity index (χ1n) is 4.82. The second-order valence-electron chi connectivity index (χ2n) is 4.34. The molecule has 1 aromatic rings. The molecule has 14 heavy (non-hydrogen) atoms. The molecule has 0 spiro atoms. The molecule has 0 aliphatic carbocycles. The van der Waals surface area contributed by atoms with Crippen LogP contribution in [-0.4, -0.2) is 10.6 Å². The Hall–Kier alpha value is -0.930. The summed E-state index contributed by atoms with van der Waals surface area (Å²) < 4.78 is 0. The molecule has 0 amide bonds. The highest BCUT2D eigenvalue weighted by Crippen LogP contribution is 2.12. The third-order valence-corrected chi connectivity index (χ3v) is 1.73. The SMILES string of the molecule is CC(NOC(C)(C)C)c1cccnc1. The average molecular weight is 194 g/mol. The van der Waals surface area contributed by atoms with E-state index < -0.39 is 0 Å². The van der Waals surface area contributed by atoms with Crippen molar-refractivity contribution in [1.29, 1.82) is 0 Å². The summed E-state index contributed by atoms with van der Waals surface area (Å²) in [6, 6.07) is 4.10. The molecule has 3 heteroatoms. The average Bonchev–Trinajstić information content (AvgIpc) is 2.14. The maximum Gasteiger partial charge on any atom is 0.0813 e. The predicted octanol–water partition coefficient (Wildman–Crippen LogP) is 2.46. The van der Waals surface area contributed by atoms with Crippen molar-refractivity contribution >= 4 is 0 Å². The summed E-state index contributed by atoms with van der Waals surface area (Å²) >= 11 is 0. The zero-order chi connectivity index (χ0) is 10.6. The number of hydrogen-bond donors (Lipinski definition) is 1. The lowest BCUT2D eigenvalue weighted by Crippen LogP contribution is -2.30. The maximum atomic E-state index is 5.47.